The minimum atomic E-state index is -3.96. The lowest BCUT2D eigenvalue weighted by molar-refractivity contribution is -0.119. The lowest BCUT2D eigenvalue weighted by Crippen LogP contribution is -2.44. The Hall–Kier alpha value is -1.55. The van der Waals surface area contributed by atoms with Crippen LogP contribution in [0.1, 0.15) is 12.0 Å². The number of aryl methyl sites for hydroxylation is 1. The second-order valence-corrected chi connectivity index (χ2v) is 5.93. The fourth-order valence-electron chi connectivity index (χ4n) is 1.40. The molecule has 1 aromatic rings. The van der Waals surface area contributed by atoms with E-state index in [4.69, 9.17) is 23.8 Å². The number of primary amides is 1. The molecule has 1 aromatic carbocycles. The van der Waals surface area contributed by atoms with Gasteiger partial charge in [-0.25, -0.2) is 8.42 Å². The minimum absolute atomic E-state index is 0.0962. The summed E-state index contributed by atoms with van der Waals surface area (Å²) in [5.41, 5.74) is 5.69. The number of hydrogen-bond acceptors (Lipinski definition) is 3. The maximum Gasteiger partial charge on any atom is 0.242 e. The van der Waals surface area contributed by atoms with Crippen LogP contribution in [0.4, 0.5) is 0 Å². The minimum Gasteiger partial charge on any atom is -0.368 e. The van der Waals surface area contributed by atoms with Crippen LogP contribution >= 0.6 is 11.6 Å². The lowest BCUT2D eigenvalue weighted by Gasteiger charge is -2.14. The van der Waals surface area contributed by atoms with Crippen LogP contribution in [0.2, 0.25) is 5.02 Å². The van der Waals surface area contributed by atoms with Gasteiger partial charge in [-0.1, -0.05) is 23.7 Å². The van der Waals surface area contributed by atoms with Crippen molar-refractivity contribution in [1.29, 1.82) is 0 Å². The van der Waals surface area contributed by atoms with E-state index in [0.717, 1.165) is 0 Å². The van der Waals surface area contributed by atoms with Gasteiger partial charge < -0.3 is 5.73 Å². The van der Waals surface area contributed by atoms with E-state index in [2.05, 4.69) is 10.6 Å². The number of terminal acetylenes is 1. The molecule has 0 aliphatic heterocycles. The van der Waals surface area contributed by atoms with Crippen molar-refractivity contribution < 1.29 is 13.2 Å². The molecule has 5 nitrogen and oxygen atoms in total. The van der Waals surface area contributed by atoms with Crippen molar-refractivity contribution in [3.63, 3.8) is 0 Å². The SMILES string of the molecule is C#CCC(NS(=O)(=O)c1cccc(C)c1Cl)C(N)=O. The molecule has 1 unspecified atom stereocenters. The molecule has 102 valence electrons. The van der Waals surface area contributed by atoms with Crippen LogP contribution in [0.3, 0.4) is 0 Å². The summed E-state index contributed by atoms with van der Waals surface area (Å²) in [7, 11) is -3.96. The monoisotopic (exact) mass is 300 g/mol. The van der Waals surface area contributed by atoms with Crippen LogP contribution in [-0.2, 0) is 14.8 Å². The van der Waals surface area contributed by atoms with Gasteiger partial charge in [0.25, 0.3) is 0 Å². The molecule has 0 fully saturated rings. The number of halogens is 1. The quantitative estimate of drug-likeness (QED) is 0.788. The zero-order valence-electron chi connectivity index (χ0n) is 10.2. The molecule has 7 heteroatoms. The van der Waals surface area contributed by atoms with Gasteiger partial charge in [-0.3, -0.25) is 4.79 Å². The Morgan fingerprint density at radius 1 is 1.58 bits per heavy atom. The highest BCUT2D eigenvalue weighted by Crippen LogP contribution is 2.24. The number of amides is 1. The van der Waals surface area contributed by atoms with Crippen LogP contribution in [0.5, 0.6) is 0 Å². The number of sulfonamides is 1. The fourth-order valence-corrected chi connectivity index (χ4v) is 3.18. The van der Waals surface area contributed by atoms with Crippen molar-refractivity contribution >= 4 is 27.5 Å². The van der Waals surface area contributed by atoms with Crippen molar-refractivity contribution in [2.24, 2.45) is 5.73 Å². The molecule has 0 saturated heterocycles. The van der Waals surface area contributed by atoms with Gasteiger partial charge in [0.05, 0.1) is 5.02 Å². The number of hydrogen-bond donors (Lipinski definition) is 2. The summed E-state index contributed by atoms with van der Waals surface area (Å²) >= 11 is 5.94. The van der Waals surface area contributed by atoms with Gasteiger partial charge in [-0.15, -0.1) is 12.3 Å². The number of nitrogens with one attached hydrogen (secondary N) is 1. The highest BCUT2D eigenvalue weighted by molar-refractivity contribution is 7.89. The molecular weight excluding hydrogens is 288 g/mol. The summed E-state index contributed by atoms with van der Waals surface area (Å²) in [5, 5.41) is 0.0962. The summed E-state index contributed by atoms with van der Waals surface area (Å²) in [4.78, 5) is 11.0. The second kappa shape index (κ2) is 6.06. The zero-order valence-corrected chi connectivity index (χ0v) is 11.8. The summed E-state index contributed by atoms with van der Waals surface area (Å²) in [6, 6.07) is 3.41. The highest BCUT2D eigenvalue weighted by atomic mass is 35.5. The third-order valence-electron chi connectivity index (χ3n) is 2.41. The standard InChI is InChI=1S/C12H13ClN2O3S/c1-3-5-9(12(14)16)15-19(17,18)10-7-4-6-8(2)11(10)13/h1,4,6-7,9,15H,5H2,2H3,(H2,14,16). The van der Waals surface area contributed by atoms with E-state index in [1.165, 1.54) is 6.07 Å². The summed E-state index contributed by atoms with van der Waals surface area (Å²) < 4.78 is 26.4. The van der Waals surface area contributed by atoms with Crippen molar-refractivity contribution in [2.75, 3.05) is 0 Å². The smallest absolute Gasteiger partial charge is 0.242 e. The third-order valence-corrected chi connectivity index (χ3v) is 4.54. The van der Waals surface area contributed by atoms with E-state index in [0.29, 0.717) is 5.56 Å². The molecule has 0 aliphatic carbocycles. The van der Waals surface area contributed by atoms with E-state index >= 15 is 0 Å². The lowest BCUT2D eigenvalue weighted by atomic mass is 10.2. The number of carbonyl (C=O) groups is 1. The third kappa shape index (κ3) is 3.70. The van der Waals surface area contributed by atoms with E-state index in [1.54, 1.807) is 19.1 Å². The maximum absolute atomic E-state index is 12.1. The van der Waals surface area contributed by atoms with E-state index < -0.39 is 22.0 Å². The predicted octanol–water partition coefficient (Wildman–Crippen LogP) is 0.804. The molecule has 0 aliphatic rings. The number of benzene rings is 1. The van der Waals surface area contributed by atoms with Crippen LogP contribution in [-0.4, -0.2) is 20.4 Å². The van der Waals surface area contributed by atoms with Crippen molar-refractivity contribution in [3.8, 4) is 12.3 Å². The highest BCUT2D eigenvalue weighted by Gasteiger charge is 2.25. The molecule has 0 heterocycles. The molecule has 0 bridgehead atoms. The van der Waals surface area contributed by atoms with Crippen molar-refractivity contribution in [3.05, 3.63) is 28.8 Å². The Kier molecular flexibility index (Phi) is 4.95. The second-order valence-electron chi connectivity index (χ2n) is 3.87. The van der Waals surface area contributed by atoms with Gasteiger partial charge >= 0.3 is 0 Å². The first-order chi connectivity index (χ1) is 8.79. The zero-order chi connectivity index (χ0) is 14.6. The first-order valence-corrected chi connectivity index (χ1v) is 7.16. The molecule has 0 spiro atoms. The number of nitrogens with two attached hydrogens (primary N) is 1. The van der Waals surface area contributed by atoms with Gasteiger partial charge in [0.2, 0.25) is 15.9 Å². The molecule has 0 radical (unpaired) electrons. The average molecular weight is 301 g/mol. The molecule has 3 N–H and O–H groups in total. The van der Waals surface area contributed by atoms with Crippen LogP contribution in [0, 0.1) is 19.3 Å². The first kappa shape index (κ1) is 15.5. The molecule has 19 heavy (non-hydrogen) atoms. The van der Waals surface area contributed by atoms with Gasteiger partial charge in [-0.2, -0.15) is 4.72 Å². The largest absolute Gasteiger partial charge is 0.368 e. The van der Waals surface area contributed by atoms with Gasteiger partial charge in [0.1, 0.15) is 10.9 Å². The summed E-state index contributed by atoms with van der Waals surface area (Å²) in [6.07, 6.45) is 4.93. The predicted molar refractivity (Wildman–Crippen MR) is 72.9 cm³/mol. The average Bonchev–Trinajstić information content (AvgIpc) is 2.31. The van der Waals surface area contributed by atoms with E-state index in [1.807, 2.05) is 0 Å². The number of carbonyl (C=O) groups excluding carboxylic acids is 1. The topological polar surface area (TPSA) is 89.3 Å². The molecular formula is C12H13ClN2O3S. The summed E-state index contributed by atoms with van der Waals surface area (Å²) in [5.74, 6) is 1.35. The summed E-state index contributed by atoms with van der Waals surface area (Å²) in [6.45, 7) is 1.67. The normalized spacial score (nSPS) is 12.7. The van der Waals surface area contributed by atoms with Crippen LogP contribution in [0.25, 0.3) is 0 Å². The number of rotatable bonds is 5. The molecule has 1 amide bonds. The Labute approximate surface area is 117 Å². The Morgan fingerprint density at radius 2 is 2.21 bits per heavy atom. The first-order valence-electron chi connectivity index (χ1n) is 5.30. The van der Waals surface area contributed by atoms with Gasteiger partial charge in [0.15, 0.2) is 0 Å². The van der Waals surface area contributed by atoms with Gasteiger partial charge in [-0.05, 0) is 18.6 Å². The molecule has 1 rings (SSSR count). The molecule has 0 aromatic heterocycles. The maximum atomic E-state index is 12.1. The van der Waals surface area contributed by atoms with Crippen LogP contribution < -0.4 is 10.5 Å². The van der Waals surface area contributed by atoms with E-state index in [9.17, 15) is 13.2 Å². The molecule has 0 saturated carbocycles. The fraction of sp³-hybridized carbons (Fsp3) is 0.250. The van der Waals surface area contributed by atoms with Crippen LogP contribution in [0.15, 0.2) is 23.1 Å². The van der Waals surface area contributed by atoms with Gasteiger partial charge in [0, 0.05) is 6.42 Å². The Bertz CT molecular complexity index is 635. The Balaban J connectivity index is 3.15. The Morgan fingerprint density at radius 3 is 2.74 bits per heavy atom. The van der Waals surface area contributed by atoms with E-state index in [-0.39, 0.29) is 16.3 Å². The molecule has 1 atom stereocenters. The van der Waals surface area contributed by atoms with Crippen molar-refractivity contribution in [1.82, 2.24) is 4.72 Å². The van der Waals surface area contributed by atoms with Crippen molar-refractivity contribution in [2.45, 2.75) is 24.3 Å².